The van der Waals surface area contributed by atoms with Gasteiger partial charge in [0, 0.05) is 25.4 Å². The van der Waals surface area contributed by atoms with E-state index in [1.165, 1.54) is 17.2 Å². The number of sulfone groups is 1. The van der Waals surface area contributed by atoms with Crippen LogP contribution in [-0.2, 0) is 9.84 Å². The summed E-state index contributed by atoms with van der Waals surface area (Å²) in [4.78, 5) is 17.7. The predicted octanol–water partition coefficient (Wildman–Crippen LogP) is 4.46. The van der Waals surface area contributed by atoms with Gasteiger partial charge in [0.25, 0.3) is 5.91 Å². The lowest BCUT2D eigenvalue weighted by atomic mass is 10.0. The zero-order valence-corrected chi connectivity index (χ0v) is 18.5. The molecule has 0 saturated heterocycles. The van der Waals surface area contributed by atoms with E-state index in [9.17, 15) is 26.4 Å². The predicted molar refractivity (Wildman–Crippen MR) is 113 cm³/mol. The number of pyridine rings is 1. The van der Waals surface area contributed by atoms with Gasteiger partial charge in [-0.2, -0.15) is 0 Å². The van der Waals surface area contributed by atoms with Gasteiger partial charge in [-0.15, -0.1) is 0 Å². The Morgan fingerprint density at radius 1 is 1.00 bits per heavy atom. The molecule has 1 amide bonds. The van der Waals surface area contributed by atoms with Crippen LogP contribution in [0.3, 0.4) is 0 Å². The molecule has 0 fully saturated rings. The van der Waals surface area contributed by atoms with Crippen molar-refractivity contribution in [1.82, 2.24) is 9.88 Å². The Kier molecular flexibility index (Phi) is 6.68. The van der Waals surface area contributed by atoms with Gasteiger partial charge in [0.2, 0.25) is 0 Å². The number of rotatable bonds is 6. The van der Waals surface area contributed by atoms with Crippen LogP contribution >= 0.6 is 0 Å². The lowest BCUT2D eigenvalue weighted by Gasteiger charge is -2.22. The van der Waals surface area contributed by atoms with Crippen LogP contribution in [0.1, 0.15) is 39.4 Å². The highest BCUT2D eigenvalue weighted by molar-refractivity contribution is 7.92. The first-order valence-corrected chi connectivity index (χ1v) is 11.3. The van der Waals surface area contributed by atoms with Crippen LogP contribution in [0.5, 0.6) is 0 Å². The maximum atomic E-state index is 14.7. The molecule has 168 valence electrons. The molecule has 0 spiro atoms. The summed E-state index contributed by atoms with van der Waals surface area (Å²) in [5.41, 5.74) is 0.110. The first kappa shape index (κ1) is 23.5. The van der Waals surface area contributed by atoms with Crippen LogP contribution in [0.15, 0.2) is 59.6 Å². The molecular formula is C23H21F3N2O3S. The highest BCUT2D eigenvalue weighted by Gasteiger charge is 2.35. The van der Waals surface area contributed by atoms with Crippen molar-refractivity contribution in [2.45, 2.75) is 24.0 Å². The van der Waals surface area contributed by atoms with E-state index in [2.05, 4.69) is 4.98 Å². The molecule has 3 aromatic rings. The minimum absolute atomic E-state index is 0.0783. The molecule has 0 saturated carbocycles. The Balaban J connectivity index is 2.23. The quantitative estimate of drug-likeness (QED) is 0.507. The molecule has 0 N–H and O–H groups in total. The molecule has 3 rings (SSSR count). The van der Waals surface area contributed by atoms with Crippen molar-refractivity contribution in [3.8, 4) is 0 Å². The minimum Gasteiger partial charge on any atom is -0.341 e. The average molecular weight is 462 g/mol. The Labute approximate surface area is 184 Å². The fourth-order valence-corrected chi connectivity index (χ4v) is 5.16. The SMILES string of the molecule is CCN(C)C(=O)c1cc(C)c(C(c2cc(F)ccc2F)S(=O)(=O)c2ccc(F)cc2)cn1. The second-order valence-corrected chi connectivity index (χ2v) is 9.32. The highest BCUT2D eigenvalue weighted by Crippen LogP contribution is 2.38. The molecule has 1 heterocycles. The normalized spacial score (nSPS) is 12.4. The number of hydrogen-bond acceptors (Lipinski definition) is 4. The minimum atomic E-state index is -4.35. The van der Waals surface area contributed by atoms with Crippen LogP contribution in [0, 0.1) is 24.4 Å². The fourth-order valence-electron chi connectivity index (χ4n) is 3.27. The molecule has 0 aliphatic carbocycles. The zero-order chi connectivity index (χ0) is 23.6. The van der Waals surface area contributed by atoms with Gasteiger partial charge in [-0.3, -0.25) is 9.78 Å². The largest absolute Gasteiger partial charge is 0.341 e. The number of halogens is 3. The number of amides is 1. The zero-order valence-electron chi connectivity index (χ0n) is 17.6. The van der Waals surface area contributed by atoms with Gasteiger partial charge in [0.05, 0.1) is 4.90 Å². The lowest BCUT2D eigenvalue weighted by molar-refractivity contribution is 0.0796. The van der Waals surface area contributed by atoms with Gasteiger partial charge in [-0.1, -0.05) is 0 Å². The Morgan fingerprint density at radius 2 is 1.62 bits per heavy atom. The fraction of sp³-hybridized carbons (Fsp3) is 0.217. The number of nitrogens with zero attached hydrogens (tertiary/aromatic N) is 2. The smallest absolute Gasteiger partial charge is 0.272 e. The molecular weight excluding hydrogens is 441 g/mol. The molecule has 1 unspecified atom stereocenters. The first-order chi connectivity index (χ1) is 15.1. The summed E-state index contributed by atoms with van der Waals surface area (Å²) >= 11 is 0. The van der Waals surface area contributed by atoms with Crippen molar-refractivity contribution in [3.63, 3.8) is 0 Å². The van der Waals surface area contributed by atoms with Crippen LogP contribution in [0.25, 0.3) is 0 Å². The van der Waals surface area contributed by atoms with E-state index < -0.39 is 38.1 Å². The van der Waals surface area contributed by atoms with Crippen molar-refractivity contribution < 1.29 is 26.4 Å². The van der Waals surface area contributed by atoms with E-state index in [1.54, 1.807) is 20.9 Å². The second kappa shape index (κ2) is 9.12. The first-order valence-electron chi connectivity index (χ1n) is 9.72. The highest BCUT2D eigenvalue weighted by atomic mass is 32.2. The molecule has 2 aromatic carbocycles. The molecule has 0 bridgehead atoms. The van der Waals surface area contributed by atoms with Gasteiger partial charge in [-0.05, 0) is 73.5 Å². The van der Waals surface area contributed by atoms with E-state index in [-0.39, 0.29) is 22.1 Å². The summed E-state index contributed by atoms with van der Waals surface area (Å²) in [7, 11) is -2.75. The molecule has 9 heteroatoms. The summed E-state index contributed by atoms with van der Waals surface area (Å²) in [6, 6.07) is 8.01. The van der Waals surface area contributed by atoms with Crippen molar-refractivity contribution in [3.05, 3.63) is 94.6 Å². The topological polar surface area (TPSA) is 67.3 Å². The van der Waals surface area contributed by atoms with Gasteiger partial charge >= 0.3 is 0 Å². The lowest BCUT2D eigenvalue weighted by Crippen LogP contribution is -2.27. The third-order valence-corrected chi connectivity index (χ3v) is 7.22. The maximum absolute atomic E-state index is 14.7. The molecule has 0 aliphatic heterocycles. The Morgan fingerprint density at radius 3 is 2.22 bits per heavy atom. The van der Waals surface area contributed by atoms with Crippen LogP contribution < -0.4 is 0 Å². The molecule has 32 heavy (non-hydrogen) atoms. The van der Waals surface area contributed by atoms with Crippen LogP contribution in [0.2, 0.25) is 0 Å². The third kappa shape index (κ3) is 4.52. The molecule has 1 atom stereocenters. The molecule has 1 aromatic heterocycles. The van der Waals surface area contributed by atoms with E-state index in [1.807, 2.05) is 0 Å². The van der Waals surface area contributed by atoms with Gasteiger partial charge < -0.3 is 4.90 Å². The molecule has 5 nitrogen and oxygen atoms in total. The van der Waals surface area contributed by atoms with E-state index in [4.69, 9.17) is 0 Å². The van der Waals surface area contributed by atoms with Crippen molar-refractivity contribution in [2.75, 3.05) is 13.6 Å². The molecule has 0 aliphatic rings. The van der Waals surface area contributed by atoms with Crippen LogP contribution in [0.4, 0.5) is 13.2 Å². The van der Waals surface area contributed by atoms with Gasteiger partial charge in [0.1, 0.15) is 28.4 Å². The maximum Gasteiger partial charge on any atom is 0.272 e. The number of aromatic nitrogens is 1. The summed E-state index contributed by atoms with van der Waals surface area (Å²) in [5, 5.41) is -1.66. The van der Waals surface area contributed by atoms with Crippen molar-refractivity contribution in [2.24, 2.45) is 0 Å². The summed E-state index contributed by atoms with van der Waals surface area (Å²) in [5.74, 6) is -2.75. The van der Waals surface area contributed by atoms with Crippen molar-refractivity contribution in [1.29, 1.82) is 0 Å². The Hall–Kier alpha value is -3.20. The van der Waals surface area contributed by atoms with E-state index >= 15 is 0 Å². The molecule has 0 radical (unpaired) electrons. The third-order valence-electron chi connectivity index (χ3n) is 5.17. The standard InChI is InChI=1S/C23H21F3N2O3S/c1-4-28(3)23(29)21-11-14(2)19(13-27-21)22(18-12-16(25)7-10-20(18)26)32(30,31)17-8-5-15(24)6-9-17/h5-13,22H,4H2,1-3H3. The van der Waals surface area contributed by atoms with Crippen molar-refractivity contribution >= 4 is 15.7 Å². The summed E-state index contributed by atoms with van der Waals surface area (Å²) < 4.78 is 69.1. The number of aryl methyl sites for hydroxylation is 1. The monoisotopic (exact) mass is 462 g/mol. The van der Waals surface area contributed by atoms with Gasteiger partial charge in [0.15, 0.2) is 9.84 Å². The summed E-state index contributed by atoms with van der Waals surface area (Å²) in [6.07, 6.45) is 1.18. The number of carbonyl (C=O) groups excluding carboxylic acids is 1. The van der Waals surface area contributed by atoms with E-state index in [0.717, 1.165) is 42.5 Å². The number of benzene rings is 2. The number of carbonyl (C=O) groups is 1. The Bertz CT molecular complexity index is 1260. The van der Waals surface area contributed by atoms with Gasteiger partial charge in [-0.25, -0.2) is 21.6 Å². The second-order valence-electron chi connectivity index (χ2n) is 7.29. The average Bonchev–Trinajstić information content (AvgIpc) is 2.76. The van der Waals surface area contributed by atoms with Crippen LogP contribution in [-0.4, -0.2) is 37.8 Å². The van der Waals surface area contributed by atoms with E-state index in [0.29, 0.717) is 12.1 Å². The number of hydrogen-bond donors (Lipinski definition) is 0. The summed E-state index contributed by atoms with van der Waals surface area (Å²) in [6.45, 7) is 3.79.